The van der Waals surface area contributed by atoms with Crippen LogP contribution in [0.3, 0.4) is 0 Å². The Labute approximate surface area is 82.2 Å². The highest BCUT2D eigenvalue weighted by molar-refractivity contribution is 5.78. The SMILES string of the molecule is C=C(CC(C)=O)C(C)(C)C(C)(C)C. The lowest BCUT2D eigenvalue weighted by Crippen LogP contribution is -2.31. The lowest BCUT2D eigenvalue weighted by atomic mass is 9.64. The van der Waals surface area contributed by atoms with E-state index in [1.54, 1.807) is 6.92 Å². The van der Waals surface area contributed by atoms with Crippen molar-refractivity contribution in [3.63, 3.8) is 0 Å². The van der Waals surface area contributed by atoms with Crippen molar-refractivity contribution >= 4 is 5.78 Å². The minimum atomic E-state index is 0.0126. The molecule has 0 radical (unpaired) electrons. The van der Waals surface area contributed by atoms with Crippen LogP contribution in [-0.4, -0.2) is 5.78 Å². The molecule has 0 spiro atoms. The fourth-order valence-corrected chi connectivity index (χ4v) is 1.05. The Morgan fingerprint density at radius 3 is 1.77 bits per heavy atom. The van der Waals surface area contributed by atoms with E-state index >= 15 is 0 Å². The van der Waals surface area contributed by atoms with Crippen LogP contribution in [0, 0.1) is 10.8 Å². The van der Waals surface area contributed by atoms with Crippen LogP contribution < -0.4 is 0 Å². The summed E-state index contributed by atoms with van der Waals surface area (Å²) in [5, 5.41) is 0. The molecule has 1 nitrogen and oxygen atoms in total. The van der Waals surface area contributed by atoms with Gasteiger partial charge in [0.15, 0.2) is 0 Å². The summed E-state index contributed by atoms with van der Waals surface area (Å²) < 4.78 is 0. The maximum absolute atomic E-state index is 11.0. The van der Waals surface area contributed by atoms with Crippen molar-refractivity contribution < 1.29 is 4.79 Å². The first-order chi connectivity index (χ1) is 5.59. The van der Waals surface area contributed by atoms with Gasteiger partial charge in [-0.25, -0.2) is 0 Å². The number of carbonyl (C=O) groups excluding carboxylic acids is 1. The molecule has 1 heteroatoms. The van der Waals surface area contributed by atoms with E-state index in [-0.39, 0.29) is 16.6 Å². The number of hydrogen-bond acceptors (Lipinski definition) is 1. The van der Waals surface area contributed by atoms with Gasteiger partial charge in [-0.1, -0.05) is 46.8 Å². The zero-order valence-corrected chi connectivity index (χ0v) is 9.82. The highest BCUT2D eigenvalue weighted by Gasteiger charge is 2.35. The number of allylic oxidation sites excluding steroid dienone is 1. The van der Waals surface area contributed by atoms with Crippen molar-refractivity contribution in [2.24, 2.45) is 10.8 Å². The Bertz CT molecular complexity index is 216. The Balaban J connectivity index is 4.65. The Hall–Kier alpha value is -0.590. The third-order valence-electron chi connectivity index (χ3n) is 3.22. The van der Waals surface area contributed by atoms with Crippen LogP contribution in [0.25, 0.3) is 0 Å². The summed E-state index contributed by atoms with van der Waals surface area (Å²) in [4.78, 5) is 11.0. The largest absolute Gasteiger partial charge is 0.300 e. The standard InChI is InChI=1S/C12H22O/c1-9(8-10(2)13)12(6,7)11(3,4)5/h1,8H2,2-7H3. The molecule has 0 aromatic carbocycles. The highest BCUT2D eigenvalue weighted by Crippen LogP contribution is 2.44. The average molecular weight is 182 g/mol. The topological polar surface area (TPSA) is 17.1 Å². The van der Waals surface area contributed by atoms with E-state index in [0.29, 0.717) is 6.42 Å². The molecule has 0 bridgehead atoms. The van der Waals surface area contributed by atoms with Crippen molar-refractivity contribution in [1.82, 2.24) is 0 Å². The van der Waals surface area contributed by atoms with Crippen LogP contribution >= 0.6 is 0 Å². The monoisotopic (exact) mass is 182 g/mol. The van der Waals surface area contributed by atoms with Gasteiger partial charge in [0.1, 0.15) is 5.78 Å². The first-order valence-corrected chi connectivity index (χ1v) is 4.76. The van der Waals surface area contributed by atoms with Gasteiger partial charge in [0.25, 0.3) is 0 Å². The zero-order chi connectivity index (χ0) is 10.9. The van der Waals surface area contributed by atoms with Gasteiger partial charge >= 0.3 is 0 Å². The van der Waals surface area contributed by atoms with Gasteiger partial charge in [0, 0.05) is 6.42 Å². The molecule has 0 atom stereocenters. The summed E-state index contributed by atoms with van der Waals surface area (Å²) in [6, 6.07) is 0. The molecule has 0 heterocycles. The van der Waals surface area contributed by atoms with Gasteiger partial charge in [-0.3, -0.25) is 4.79 Å². The first kappa shape index (κ1) is 12.4. The molecule has 0 unspecified atom stereocenters. The third kappa shape index (κ3) is 2.98. The Morgan fingerprint density at radius 1 is 1.15 bits per heavy atom. The minimum absolute atomic E-state index is 0.0126. The van der Waals surface area contributed by atoms with Crippen molar-refractivity contribution in [1.29, 1.82) is 0 Å². The maximum Gasteiger partial charge on any atom is 0.133 e. The molecule has 0 rings (SSSR count). The molecule has 13 heavy (non-hydrogen) atoms. The molecule has 0 aliphatic rings. The molecule has 0 aliphatic carbocycles. The van der Waals surface area contributed by atoms with E-state index < -0.39 is 0 Å². The average Bonchev–Trinajstić information content (AvgIpc) is 1.82. The molecule has 0 aliphatic heterocycles. The second-order valence-corrected chi connectivity index (χ2v) is 5.36. The lowest BCUT2D eigenvalue weighted by Gasteiger charge is -2.40. The predicted octanol–water partition coefficient (Wildman–Crippen LogP) is 3.59. The molecular formula is C12H22O. The summed E-state index contributed by atoms with van der Waals surface area (Å²) in [5.74, 6) is 0.197. The quantitative estimate of drug-likeness (QED) is 0.609. The number of ketones is 1. The molecule has 0 aromatic heterocycles. The van der Waals surface area contributed by atoms with Crippen LogP contribution in [0.15, 0.2) is 12.2 Å². The van der Waals surface area contributed by atoms with Crippen LogP contribution in [0.1, 0.15) is 48.0 Å². The fourth-order valence-electron chi connectivity index (χ4n) is 1.05. The Kier molecular flexibility index (Phi) is 3.48. The summed E-state index contributed by atoms with van der Waals surface area (Å²) in [7, 11) is 0. The fraction of sp³-hybridized carbons (Fsp3) is 0.750. The van der Waals surface area contributed by atoms with E-state index in [4.69, 9.17) is 0 Å². The van der Waals surface area contributed by atoms with Gasteiger partial charge in [0.2, 0.25) is 0 Å². The van der Waals surface area contributed by atoms with Crippen molar-refractivity contribution in [2.75, 3.05) is 0 Å². The van der Waals surface area contributed by atoms with E-state index in [2.05, 4.69) is 41.2 Å². The summed E-state index contributed by atoms with van der Waals surface area (Å²) in [5.41, 5.74) is 1.20. The zero-order valence-electron chi connectivity index (χ0n) is 9.82. The molecule has 76 valence electrons. The number of hydrogen-bond donors (Lipinski definition) is 0. The van der Waals surface area contributed by atoms with E-state index in [9.17, 15) is 4.79 Å². The smallest absolute Gasteiger partial charge is 0.133 e. The molecule has 0 saturated carbocycles. The summed E-state index contributed by atoms with van der Waals surface area (Å²) in [6.45, 7) is 16.5. The number of Topliss-reactive ketones (excluding diaryl/α,β-unsaturated/α-hetero) is 1. The molecule has 0 fully saturated rings. The van der Waals surface area contributed by atoms with E-state index in [0.717, 1.165) is 5.57 Å². The van der Waals surface area contributed by atoms with Crippen LogP contribution in [-0.2, 0) is 4.79 Å². The first-order valence-electron chi connectivity index (χ1n) is 4.76. The predicted molar refractivity (Wildman–Crippen MR) is 57.7 cm³/mol. The van der Waals surface area contributed by atoms with Crippen molar-refractivity contribution in [3.05, 3.63) is 12.2 Å². The molecular weight excluding hydrogens is 160 g/mol. The summed E-state index contributed by atoms with van der Waals surface area (Å²) >= 11 is 0. The molecule has 0 amide bonds. The lowest BCUT2D eigenvalue weighted by molar-refractivity contribution is -0.116. The molecule has 0 N–H and O–H groups in total. The van der Waals surface area contributed by atoms with Crippen LogP contribution in [0.4, 0.5) is 0 Å². The number of rotatable bonds is 3. The maximum atomic E-state index is 11.0. The van der Waals surface area contributed by atoms with Crippen LogP contribution in [0.2, 0.25) is 0 Å². The molecule has 0 saturated heterocycles. The van der Waals surface area contributed by atoms with Gasteiger partial charge in [0.05, 0.1) is 0 Å². The number of carbonyl (C=O) groups is 1. The van der Waals surface area contributed by atoms with E-state index in [1.807, 2.05) is 0 Å². The second kappa shape index (κ2) is 3.65. The van der Waals surface area contributed by atoms with E-state index in [1.165, 1.54) is 0 Å². The van der Waals surface area contributed by atoms with Crippen LogP contribution in [0.5, 0.6) is 0 Å². The van der Waals surface area contributed by atoms with Crippen molar-refractivity contribution in [2.45, 2.75) is 48.0 Å². The second-order valence-electron chi connectivity index (χ2n) is 5.36. The summed E-state index contributed by atoms with van der Waals surface area (Å²) in [6.07, 6.45) is 0.504. The normalized spacial score (nSPS) is 12.8. The van der Waals surface area contributed by atoms with Gasteiger partial charge in [-0.15, -0.1) is 0 Å². The molecule has 0 aromatic rings. The highest BCUT2D eigenvalue weighted by atomic mass is 16.1. The van der Waals surface area contributed by atoms with Gasteiger partial charge in [-0.2, -0.15) is 0 Å². The third-order valence-corrected chi connectivity index (χ3v) is 3.22. The Morgan fingerprint density at radius 2 is 1.54 bits per heavy atom. The minimum Gasteiger partial charge on any atom is -0.300 e. The van der Waals surface area contributed by atoms with Gasteiger partial charge in [-0.05, 0) is 17.8 Å². The van der Waals surface area contributed by atoms with Gasteiger partial charge < -0.3 is 0 Å². The van der Waals surface area contributed by atoms with Crippen molar-refractivity contribution in [3.8, 4) is 0 Å².